The summed E-state index contributed by atoms with van der Waals surface area (Å²) in [7, 11) is 1.44. The second-order valence-corrected chi connectivity index (χ2v) is 8.58. The van der Waals surface area contributed by atoms with Crippen molar-refractivity contribution in [1.29, 1.82) is 0 Å². The molecule has 1 unspecified atom stereocenters. The van der Waals surface area contributed by atoms with Crippen molar-refractivity contribution < 1.29 is 14.3 Å². The maximum Gasteiger partial charge on any atom is 0.305 e. The molecule has 0 spiro atoms. The van der Waals surface area contributed by atoms with Crippen molar-refractivity contribution in [2.45, 2.75) is 109 Å². The van der Waals surface area contributed by atoms with E-state index in [-0.39, 0.29) is 17.9 Å². The first kappa shape index (κ1) is 27.0. The molecule has 0 heterocycles. The number of methoxy groups -OCH3 is 1. The zero-order chi connectivity index (χ0) is 22.7. The highest BCUT2D eigenvalue weighted by Gasteiger charge is 2.13. The number of ether oxygens (including phenoxy) is 1. The monoisotopic (exact) mass is 432 g/mol. The van der Waals surface area contributed by atoms with Gasteiger partial charge in [0.25, 0.3) is 5.91 Å². The summed E-state index contributed by atoms with van der Waals surface area (Å²) in [5.41, 5.74) is 7.07. The van der Waals surface area contributed by atoms with Crippen LogP contribution in [0, 0.1) is 0 Å². The Morgan fingerprint density at radius 2 is 1.35 bits per heavy atom. The largest absolute Gasteiger partial charge is 0.469 e. The van der Waals surface area contributed by atoms with Crippen LogP contribution in [0.15, 0.2) is 24.3 Å². The SMILES string of the molecule is CCCCCCCCCC(CCCCCCCC(=O)OC)NC(=O)c1ccc(N)cc1. The number of anilines is 1. The fraction of sp³-hybridized carbons (Fsp3) is 0.692. The zero-order valence-electron chi connectivity index (χ0n) is 19.8. The Hall–Kier alpha value is -2.04. The summed E-state index contributed by atoms with van der Waals surface area (Å²) in [4.78, 5) is 23.8. The van der Waals surface area contributed by atoms with Gasteiger partial charge in [0.05, 0.1) is 7.11 Å². The predicted molar refractivity (Wildman–Crippen MR) is 129 cm³/mol. The van der Waals surface area contributed by atoms with Gasteiger partial charge in [-0.15, -0.1) is 0 Å². The third-order valence-corrected chi connectivity index (χ3v) is 5.83. The number of amides is 1. The van der Waals surface area contributed by atoms with Gasteiger partial charge in [-0.3, -0.25) is 9.59 Å². The van der Waals surface area contributed by atoms with E-state index in [0.717, 1.165) is 51.4 Å². The van der Waals surface area contributed by atoms with Gasteiger partial charge >= 0.3 is 5.97 Å². The second-order valence-electron chi connectivity index (χ2n) is 8.58. The maximum atomic E-state index is 12.6. The molecule has 1 atom stereocenters. The van der Waals surface area contributed by atoms with Crippen LogP contribution in [0.4, 0.5) is 5.69 Å². The number of nitrogens with two attached hydrogens (primary N) is 1. The minimum Gasteiger partial charge on any atom is -0.469 e. The van der Waals surface area contributed by atoms with E-state index >= 15 is 0 Å². The standard InChI is InChI=1S/C26H44N2O3/c1-3-4-5-6-7-9-12-15-24(16-13-10-8-11-14-17-25(29)31-2)28-26(30)22-18-20-23(27)21-19-22/h18-21,24H,3-17,27H2,1-2H3,(H,28,30). The summed E-state index contributed by atoms with van der Waals surface area (Å²) >= 11 is 0. The van der Waals surface area contributed by atoms with Gasteiger partial charge in [-0.1, -0.05) is 77.6 Å². The lowest BCUT2D eigenvalue weighted by Gasteiger charge is -2.19. The Bertz CT molecular complexity index is 601. The number of rotatable bonds is 18. The number of hydrogen-bond donors (Lipinski definition) is 2. The van der Waals surface area contributed by atoms with Gasteiger partial charge in [0.1, 0.15) is 0 Å². The summed E-state index contributed by atoms with van der Waals surface area (Å²) in [6, 6.07) is 7.34. The molecule has 1 amide bonds. The molecule has 1 aromatic carbocycles. The van der Waals surface area contributed by atoms with Crippen molar-refractivity contribution in [1.82, 2.24) is 5.32 Å². The molecular formula is C26H44N2O3. The number of nitrogens with one attached hydrogen (secondary N) is 1. The molecule has 0 aliphatic heterocycles. The van der Waals surface area contributed by atoms with Gasteiger partial charge < -0.3 is 15.8 Å². The average Bonchev–Trinajstić information content (AvgIpc) is 2.77. The molecule has 0 radical (unpaired) electrons. The lowest BCUT2D eigenvalue weighted by Crippen LogP contribution is -2.34. The van der Waals surface area contributed by atoms with Crippen LogP contribution in [-0.2, 0) is 9.53 Å². The fourth-order valence-corrected chi connectivity index (χ4v) is 3.83. The number of carbonyl (C=O) groups is 2. The minimum atomic E-state index is -0.125. The van der Waals surface area contributed by atoms with E-state index in [2.05, 4.69) is 17.0 Å². The van der Waals surface area contributed by atoms with Gasteiger partial charge in [-0.25, -0.2) is 0 Å². The molecule has 0 aromatic heterocycles. The lowest BCUT2D eigenvalue weighted by molar-refractivity contribution is -0.140. The number of nitrogen functional groups attached to an aromatic ring is 1. The molecule has 0 saturated heterocycles. The third kappa shape index (κ3) is 13.8. The molecule has 0 aliphatic rings. The smallest absolute Gasteiger partial charge is 0.305 e. The number of unbranched alkanes of at least 4 members (excludes halogenated alkanes) is 10. The minimum absolute atomic E-state index is 0.00831. The van der Waals surface area contributed by atoms with E-state index in [4.69, 9.17) is 5.73 Å². The Labute approximate surface area is 189 Å². The van der Waals surface area contributed by atoms with Crippen molar-refractivity contribution >= 4 is 17.6 Å². The molecule has 176 valence electrons. The predicted octanol–water partition coefficient (Wildman–Crippen LogP) is 6.41. The van der Waals surface area contributed by atoms with Crippen LogP contribution >= 0.6 is 0 Å². The Morgan fingerprint density at radius 1 is 0.839 bits per heavy atom. The topological polar surface area (TPSA) is 81.4 Å². The van der Waals surface area contributed by atoms with Crippen molar-refractivity contribution in [3.8, 4) is 0 Å². The lowest BCUT2D eigenvalue weighted by atomic mass is 9.99. The van der Waals surface area contributed by atoms with Gasteiger partial charge in [0.15, 0.2) is 0 Å². The van der Waals surface area contributed by atoms with E-state index in [1.807, 2.05) is 0 Å². The molecule has 0 saturated carbocycles. The highest BCUT2D eigenvalue weighted by molar-refractivity contribution is 5.94. The van der Waals surface area contributed by atoms with Crippen LogP contribution in [0.2, 0.25) is 0 Å². The molecule has 1 aromatic rings. The van der Waals surface area contributed by atoms with Crippen molar-refractivity contribution in [2.75, 3.05) is 12.8 Å². The van der Waals surface area contributed by atoms with Crippen LogP contribution in [0.5, 0.6) is 0 Å². The van der Waals surface area contributed by atoms with E-state index in [1.54, 1.807) is 24.3 Å². The molecule has 0 bridgehead atoms. The Kier molecular flexibility index (Phi) is 15.3. The van der Waals surface area contributed by atoms with Crippen LogP contribution < -0.4 is 11.1 Å². The molecule has 3 N–H and O–H groups in total. The molecular weight excluding hydrogens is 388 g/mol. The number of hydrogen-bond acceptors (Lipinski definition) is 4. The van der Waals surface area contributed by atoms with E-state index in [0.29, 0.717) is 17.7 Å². The second kappa shape index (κ2) is 17.6. The summed E-state index contributed by atoms with van der Waals surface area (Å²) < 4.78 is 4.68. The van der Waals surface area contributed by atoms with Gasteiger partial charge in [-0.05, 0) is 43.5 Å². The maximum absolute atomic E-state index is 12.6. The first-order chi connectivity index (χ1) is 15.1. The highest BCUT2D eigenvalue weighted by Crippen LogP contribution is 2.16. The van der Waals surface area contributed by atoms with Crippen LogP contribution in [0.1, 0.15) is 114 Å². The fourth-order valence-electron chi connectivity index (χ4n) is 3.83. The molecule has 0 fully saturated rings. The van der Waals surface area contributed by atoms with Crippen LogP contribution in [0.3, 0.4) is 0 Å². The zero-order valence-corrected chi connectivity index (χ0v) is 19.8. The van der Waals surface area contributed by atoms with Crippen LogP contribution in [0.25, 0.3) is 0 Å². The summed E-state index contributed by atoms with van der Waals surface area (Å²) in [5.74, 6) is -0.133. The van der Waals surface area contributed by atoms with Crippen molar-refractivity contribution in [2.24, 2.45) is 0 Å². The Balaban J connectivity index is 2.36. The first-order valence-corrected chi connectivity index (χ1v) is 12.3. The molecule has 31 heavy (non-hydrogen) atoms. The summed E-state index contributed by atoms with van der Waals surface area (Å²) in [5, 5.41) is 3.25. The first-order valence-electron chi connectivity index (χ1n) is 12.3. The quantitative estimate of drug-likeness (QED) is 0.159. The molecule has 1 rings (SSSR count). The van der Waals surface area contributed by atoms with E-state index in [1.165, 1.54) is 45.6 Å². The average molecular weight is 433 g/mol. The number of esters is 1. The van der Waals surface area contributed by atoms with Gasteiger partial charge in [0, 0.05) is 23.7 Å². The van der Waals surface area contributed by atoms with E-state index < -0.39 is 0 Å². The molecule has 0 aliphatic carbocycles. The summed E-state index contributed by atoms with van der Waals surface area (Å²) in [6.07, 6.45) is 16.8. The molecule has 5 nitrogen and oxygen atoms in total. The highest BCUT2D eigenvalue weighted by atomic mass is 16.5. The molecule has 5 heteroatoms. The normalized spacial score (nSPS) is 11.8. The van der Waals surface area contributed by atoms with Crippen molar-refractivity contribution in [3.63, 3.8) is 0 Å². The van der Waals surface area contributed by atoms with Gasteiger partial charge in [-0.2, -0.15) is 0 Å². The van der Waals surface area contributed by atoms with Gasteiger partial charge in [0.2, 0.25) is 0 Å². The van der Waals surface area contributed by atoms with Crippen LogP contribution in [-0.4, -0.2) is 25.0 Å². The van der Waals surface area contributed by atoms with Crippen molar-refractivity contribution in [3.05, 3.63) is 29.8 Å². The summed E-state index contributed by atoms with van der Waals surface area (Å²) in [6.45, 7) is 2.24. The third-order valence-electron chi connectivity index (χ3n) is 5.83. The number of benzene rings is 1. The van der Waals surface area contributed by atoms with E-state index in [9.17, 15) is 9.59 Å². The Morgan fingerprint density at radius 3 is 1.90 bits per heavy atom. The number of carbonyl (C=O) groups excluding carboxylic acids is 2.